The Morgan fingerprint density at radius 2 is 2.32 bits per heavy atom. The Kier molecular flexibility index (Phi) is 3.84. The molecule has 0 unspecified atom stereocenters. The first kappa shape index (κ1) is 14.9. The van der Waals surface area contributed by atoms with Crippen LogP contribution in [0.25, 0.3) is 11.0 Å². The molecule has 2 atom stereocenters. The van der Waals surface area contributed by atoms with Crippen LogP contribution in [0.1, 0.15) is 28.2 Å². The third-order valence-electron chi connectivity index (χ3n) is 4.24. The number of fused-ring (bicyclic) bond motifs is 1. The second kappa shape index (κ2) is 5.66. The molecule has 0 aromatic carbocycles. The van der Waals surface area contributed by atoms with E-state index >= 15 is 0 Å². The molecular weight excluding hydrogens is 284 g/mol. The molecule has 2 aromatic heterocycles. The van der Waals surface area contributed by atoms with E-state index in [0.29, 0.717) is 24.2 Å². The van der Waals surface area contributed by atoms with E-state index in [1.54, 1.807) is 18.1 Å². The highest BCUT2D eigenvalue weighted by atomic mass is 16.5. The van der Waals surface area contributed by atoms with Gasteiger partial charge in [-0.25, -0.2) is 4.98 Å². The number of H-pyrrole nitrogens is 1. The largest absolute Gasteiger partial charge is 0.394 e. The van der Waals surface area contributed by atoms with Crippen molar-refractivity contribution in [1.82, 2.24) is 20.1 Å². The number of aryl methyl sites for hydroxylation is 2. The molecule has 1 amide bonds. The normalized spacial score (nSPS) is 21.7. The summed E-state index contributed by atoms with van der Waals surface area (Å²) < 4.78 is 5.34. The summed E-state index contributed by atoms with van der Waals surface area (Å²) >= 11 is 0. The Balaban J connectivity index is 2.03. The van der Waals surface area contributed by atoms with Crippen LogP contribution < -0.4 is 0 Å². The van der Waals surface area contributed by atoms with E-state index in [4.69, 9.17) is 4.74 Å². The lowest BCUT2D eigenvalue weighted by molar-refractivity contribution is 0.0649. The molecule has 22 heavy (non-hydrogen) atoms. The number of rotatable bonds is 3. The maximum absolute atomic E-state index is 13.0. The first-order valence-corrected chi connectivity index (χ1v) is 7.32. The number of amides is 1. The smallest absolute Gasteiger partial charge is 0.255 e. The summed E-state index contributed by atoms with van der Waals surface area (Å²) in [7, 11) is 1.63. The summed E-state index contributed by atoms with van der Waals surface area (Å²) in [5.74, 6) is -0.112. The molecule has 3 rings (SSSR count). The van der Waals surface area contributed by atoms with Crippen LogP contribution in [0.4, 0.5) is 0 Å². The van der Waals surface area contributed by atoms with Crippen molar-refractivity contribution in [1.29, 1.82) is 0 Å². The molecule has 0 aliphatic carbocycles. The van der Waals surface area contributed by atoms with Crippen molar-refractivity contribution in [2.75, 3.05) is 20.3 Å². The molecule has 3 heterocycles. The van der Waals surface area contributed by atoms with Crippen molar-refractivity contribution in [3.8, 4) is 0 Å². The molecule has 2 N–H and O–H groups in total. The van der Waals surface area contributed by atoms with Crippen molar-refractivity contribution in [2.24, 2.45) is 0 Å². The number of aromatic nitrogens is 3. The number of aliphatic hydroxyl groups is 1. The highest BCUT2D eigenvalue weighted by Gasteiger charge is 2.36. The van der Waals surface area contributed by atoms with E-state index in [-0.39, 0.29) is 24.7 Å². The number of aliphatic hydroxyl groups excluding tert-OH is 1. The minimum absolute atomic E-state index is 0.0371. The summed E-state index contributed by atoms with van der Waals surface area (Å²) in [6, 6.07) is 1.56. The lowest BCUT2D eigenvalue weighted by atomic mass is 10.1. The van der Waals surface area contributed by atoms with Gasteiger partial charge in [0.1, 0.15) is 0 Å². The van der Waals surface area contributed by atoms with E-state index in [0.717, 1.165) is 16.8 Å². The average Bonchev–Trinajstić information content (AvgIpc) is 3.09. The zero-order chi connectivity index (χ0) is 15.9. The first-order chi connectivity index (χ1) is 10.5. The van der Waals surface area contributed by atoms with Crippen LogP contribution in [0.3, 0.4) is 0 Å². The lowest BCUT2D eigenvalue weighted by Gasteiger charge is -2.23. The molecular formula is C15H20N4O3. The van der Waals surface area contributed by atoms with Crippen molar-refractivity contribution in [2.45, 2.75) is 32.4 Å². The first-order valence-electron chi connectivity index (χ1n) is 7.32. The van der Waals surface area contributed by atoms with Crippen LogP contribution >= 0.6 is 0 Å². The Hall–Kier alpha value is -1.99. The molecule has 1 aliphatic rings. The van der Waals surface area contributed by atoms with Gasteiger partial charge in [0.05, 0.1) is 29.7 Å². The van der Waals surface area contributed by atoms with Gasteiger partial charge in [-0.1, -0.05) is 0 Å². The van der Waals surface area contributed by atoms with Gasteiger partial charge in [-0.3, -0.25) is 9.89 Å². The number of nitrogens with zero attached hydrogens (tertiary/aromatic N) is 3. The minimum atomic E-state index is -0.215. The fraction of sp³-hybridized carbons (Fsp3) is 0.533. The number of methoxy groups -OCH3 is 1. The van der Waals surface area contributed by atoms with Crippen LogP contribution in [0, 0.1) is 13.8 Å². The van der Waals surface area contributed by atoms with Gasteiger partial charge in [0, 0.05) is 25.0 Å². The molecule has 0 bridgehead atoms. The third-order valence-corrected chi connectivity index (χ3v) is 4.24. The Labute approximate surface area is 128 Å². The molecule has 118 valence electrons. The van der Waals surface area contributed by atoms with Gasteiger partial charge in [0.15, 0.2) is 5.65 Å². The van der Waals surface area contributed by atoms with Gasteiger partial charge in [0.25, 0.3) is 5.91 Å². The SMILES string of the molecule is CO[C@@H]1C[C@@H](CO)N(C(=O)c2cc(C)nc3n[nH]c(C)c23)C1. The molecule has 2 aromatic rings. The summed E-state index contributed by atoms with van der Waals surface area (Å²) in [5, 5.41) is 17.3. The zero-order valence-electron chi connectivity index (χ0n) is 13.0. The standard InChI is InChI=1S/C15H20N4O3/c1-8-4-12(13-9(2)17-18-14(13)16-8)15(21)19-6-11(22-3)5-10(19)7-20/h4,10-11,20H,5-7H2,1-3H3,(H,16,17,18)/t10-,11+/m0/s1. The summed E-state index contributed by atoms with van der Waals surface area (Å²) in [5.41, 5.74) is 2.67. The monoisotopic (exact) mass is 304 g/mol. The number of hydrogen-bond acceptors (Lipinski definition) is 5. The van der Waals surface area contributed by atoms with E-state index in [9.17, 15) is 9.90 Å². The summed E-state index contributed by atoms with van der Waals surface area (Å²) in [4.78, 5) is 19.0. The molecule has 0 saturated carbocycles. The predicted molar refractivity (Wildman–Crippen MR) is 80.7 cm³/mol. The number of nitrogens with one attached hydrogen (secondary N) is 1. The fourth-order valence-corrected chi connectivity index (χ4v) is 3.09. The van der Waals surface area contributed by atoms with E-state index < -0.39 is 0 Å². The number of ether oxygens (including phenoxy) is 1. The Morgan fingerprint density at radius 3 is 3.00 bits per heavy atom. The second-order valence-electron chi connectivity index (χ2n) is 5.75. The third kappa shape index (κ3) is 2.36. The van der Waals surface area contributed by atoms with Gasteiger partial charge >= 0.3 is 0 Å². The highest BCUT2D eigenvalue weighted by molar-refractivity contribution is 6.06. The minimum Gasteiger partial charge on any atom is -0.394 e. The fourth-order valence-electron chi connectivity index (χ4n) is 3.09. The van der Waals surface area contributed by atoms with Gasteiger partial charge < -0.3 is 14.7 Å². The van der Waals surface area contributed by atoms with Crippen LogP contribution in [-0.4, -0.2) is 63.5 Å². The highest BCUT2D eigenvalue weighted by Crippen LogP contribution is 2.26. The van der Waals surface area contributed by atoms with Crippen LogP contribution in [0.2, 0.25) is 0 Å². The van der Waals surface area contributed by atoms with Crippen molar-refractivity contribution >= 4 is 16.9 Å². The average molecular weight is 304 g/mol. The molecule has 1 aliphatic heterocycles. The van der Waals surface area contributed by atoms with E-state index in [1.165, 1.54) is 0 Å². The Bertz CT molecular complexity index is 712. The molecule has 7 heteroatoms. The van der Waals surface area contributed by atoms with Gasteiger partial charge in [-0.15, -0.1) is 0 Å². The van der Waals surface area contributed by atoms with Crippen LogP contribution in [0.15, 0.2) is 6.07 Å². The number of hydrogen-bond donors (Lipinski definition) is 2. The number of pyridine rings is 1. The van der Waals surface area contributed by atoms with Gasteiger partial charge in [-0.05, 0) is 26.3 Å². The quantitative estimate of drug-likeness (QED) is 0.875. The second-order valence-corrected chi connectivity index (χ2v) is 5.75. The summed E-state index contributed by atoms with van der Waals surface area (Å²) in [6.45, 7) is 4.13. The number of carbonyl (C=O) groups is 1. The molecule has 0 spiro atoms. The van der Waals surface area contributed by atoms with Crippen molar-refractivity contribution < 1.29 is 14.6 Å². The maximum Gasteiger partial charge on any atom is 0.255 e. The number of likely N-dealkylation sites (tertiary alicyclic amines) is 1. The topological polar surface area (TPSA) is 91.3 Å². The predicted octanol–water partition coefficient (Wildman–Crippen LogP) is 0.797. The summed E-state index contributed by atoms with van der Waals surface area (Å²) in [6.07, 6.45) is 0.612. The Morgan fingerprint density at radius 1 is 1.55 bits per heavy atom. The van der Waals surface area contributed by atoms with Crippen LogP contribution in [-0.2, 0) is 4.74 Å². The number of carbonyl (C=O) groups excluding carboxylic acids is 1. The van der Waals surface area contributed by atoms with Crippen molar-refractivity contribution in [3.63, 3.8) is 0 Å². The van der Waals surface area contributed by atoms with Crippen molar-refractivity contribution in [3.05, 3.63) is 23.0 Å². The maximum atomic E-state index is 13.0. The van der Waals surface area contributed by atoms with Gasteiger partial charge in [-0.2, -0.15) is 5.10 Å². The van der Waals surface area contributed by atoms with Crippen LogP contribution in [0.5, 0.6) is 0 Å². The lowest BCUT2D eigenvalue weighted by Crippen LogP contribution is -2.38. The molecule has 1 fully saturated rings. The molecule has 0 radical (unpaired) electrons. The molecule has 7 nitrogen and oxygen atoms in total. The zero-order valence-corrected chi connectivity index (χ0v) is 13.0. The van der Waals surface area contributed by atoms with Gasteiger partial charge in [0.2, 0.25) is 0 Å². The number of aromatic amines is 1. The molecule has 1 saturated heterocycles. The van der Waals surface area contributed by atoms with E-state index in [1.807, 2.05) is 13.8 Å². The van der Waals surface area contributed by atoms with E-state index in [2.05, 4.69) is 15.2 Å².